The molecule has 1 aliphatic carbocycles. The van der Waals surface area contributed by atoms with Gasteiger partial charge in [0.15, 0.2) is 0 Å². The molecule has 0 heterocycles. The second kappa shape index (κ2) is 6.11. The van der Waals surface area contributed by atoms with Crippen LogP contribution in [0.4, 0.5) is 13.2 Å². The van der Waals surface area contributed by atoms with Crippen molar-refractivity contribution in [3.63, 3.8) is 0 Å². The summed E-state index contributed by atoms with van der Waals surface area (Å²) in [6.07, 6.45) is 0.0972. The monoisotopic (exact) mass is 283 g/mol. The molecule has 0 radical (unpaired) electrons. The molecule has 0 bridgehead atoms. The van der Waals surface area contributed by atoms with Crippen LogP contribution in [0.3, 0.4) is 0 Å². The van der Waals surface area contributed by atoms with E-state index in [1.807, 2.05) is 36.4 Å². The zero-order valence-electron chi connectivity index (χ0n) is 10.9. The van der Waals surface area contributed by atoms with Crippen LogP contribution in [-0.4, -0.2) is 18.1 Å². The second-order valence-electron chi connectivity index (χ2n) is 4.90. The lowest BCUT2D eigenvalue weighted by Gasteiger charge is -2.27. The van der Waals surface area contributed by atoms with E-state index in [0.29, 0.717) is 6.42 Å². The van der Waals surface area contributed by atoms with E-state index in [4.69, 9.17) is 0 Å². The third-order valence-corrected chi connectivity index (χ3v) is 3.37. The first-order valence-electron chi connectivity index (χ1n) is 6.60. The molecule has 0 spiro atoms. The molecule has 1 fully saturated rings. The van der Waals surface area contributed by atoms with Crippen molar-refractivity contribution >= 4 is 12.0 Å². The Hall–Kier alpha value is -1.78. The molecule has 5 heteroatoms. The van der Waals surface area contributed by atoms with Gasteiger partial charge in [0, 0.05) is 0 Å². The van der Waals surface area contributed by atoms with Crippen LogP contribution in [-0.2, 0) is 4.79 Å². The average molecular weight is 283 g/mol. The maximum absolute atomic E-state index is 12.3. The minimum absolute atomic E-state index is 0.516. The third-order valence-electron chi connectivity index (χ3n) is 3.37. The van der Waals surface area contributed by atoms with Crippen LogP contribution in [0, 0.1) is 0 Å². The fourth-order valence-corrected chi connectivity index (χ4v) is 2.38. The van der Waals surface area contributed by atoms with Gasteiger partial charge in [-0.15, -0.1) is 0 Å². The topological polar surface area (TPSA) is 29.1 Å². The lowest BCUT2D eigenvalue weighted by atomic mass is 9.88. The van der Waals surface area contributed by atoms with Gasteiger partial charge in [0.1, 0.15) is 0 Å². The summed E-state index contributed by atoms with van der Waals surface area (Å²) in [6, 6.07) is 8.90. The van der Waals surface area contributed by atoms with E-state index >= 15 is 0 Å². The van der Waals surface area contributed by atoms with Crippen molar-refractivity contribution in [2.45, 2.75) is 37.9 Å². The number of hydrogen-bond acceptors (Lipinski definition) is 1. The Morgan fingerprint density at radius 2 is 1.90 bits per heavy atom. The Balaban J connectivity index is 2.14. The number of halogens is 3. The zero-order chi connectivity index (χ0) is 14.6. The van der Waals surface area contributed by atoms with Gasteiger partial charge in [-0.05, 0) is 30.4 Å². The molecule has 1 aromatic carbocycles. The van der Waals surface area contributed by atoms with E-state index in [9.17, 15) is 18.0 Å². The van der Waals surface area contributed by atoms with E-state index in [2.05, 4.69) is 5.32 Å². The number of nitrogens with one attached hydrogen (secondary N) is 1. The SMILES string of the molecule is O=C(NC1CCCC/C1=C\c1ccccc1)C(F)(F)F. The van der Waals surface area contributed by atoms with Crippen LogP contribution in [0.25, 0.3) is 6.08 Å². The molecule has 1 N–H and O–H groups in total. The molecule has 0 aliphatic heterocycles. The van der Waals surface area contributed by atoms with Crippen LogP contribution in [0.15, 0.2) is 35.9 Å². The van der Waals surface area contributed by atoms with Crippen LogP contribution < -0.4 is 5.32 Å². The van der Waals surface area contributed by atoms with Crippen molar-refractivity contribution < 1.29 is 18.0 Å². The Bertz CT molecular complexity index is 494. The standard InChI is InChI=1S/C15H16F3NO/c16-15(17,18)14(20)19-13-9-5-4-8-12(13)10-11-6-2-1-3-7-11/h1-3,6-7,10,13H,4-5,8-9H2,(H,19,20)/b12-10+. The third kappa shape index (κ3) is 3.85. The Kier molecular flexibility index (Phi) is 4.47. The molecule has 1 unspecified atom stereocenters. The van der Waals surface area contributed by atoms with Gasteiger partial charge in [-0.1, -0.05) is 42.8 Å². The van der Waals surface area contributed by atoms with Crippen LogP contribution in [0.2, 0.25) is 0 Å². The fourth-order valence-electron chi connectivity index (χ4n) is 2.38. The summed E-state index contributed by atoms with van der Waals surface area (Å²) in [7, 11) is 0. The van der Waals surface area contributed by atoms with Crippen LogP contribution in [0.1, 0.15) is 31.2 Å². The van der Waals surface area contributed by atoms with E-state index in [-0.39, 0.29) is 0 Å². The molecular formula is C15H16F3NO. The van der Waals surface area contributed by atoms with Crippen molar-refractivity contribution in [3.8, 4) is 0 Å². The molecule has 0 aromatic heterocycles. The number of carbonyl (C=O) groups excluding carboxylic acids is 1. The van der Waals surface area contributed by atoms with Gasteiger partial charge in [0.05, 0.1) is 6.04 Å². The molecule has 1 saturated carbocycles. The average Bonchev–Trinajstić information content (AvgIpc) is 2.41. The highest BCUT2D eigenvalue weighted by Gasteiger charge is 2.40. The lowest BCUT2D eigenvalue weighted by molar-refractivity contribution is -0.174. The number of alkyl halides is 3. The van der Waals surface area contributed by atoms with E-state index in [1.165, 1.54) is 0 Å². The Morgan fingerprint density at radius 1 is 1.20 bits per heavy atom. The van der Waals surface area contributed by atoms with Crippen molar-refractivity contribution in [2.24, 2.45) is 0 Å². The summed E-state index contributed by atoms with van der Waals surface area (Å²) in [4.78, 5) is 11.1. The highest BCUT2D eigenvalue weighted by atomic mass is 19.4. The van der Waals surface area contributed by atoms with Gasteiger partial charge in [0.2, 0.25) is 0 Å². The number of hydrogen-bond donors (Lipinski definition) is 1. The zero-order valence-corrected chi connectivity index (χ0v) is 10.9. The predicted molar refractivity (Wildman–Crippen MR) is 70.9 cm³/mol. The largest absolute Gasteiger partial charge is 0.471 e. The highest BCUT2D eigenvalue weighted by molar-refractivity contribution is 5.82. The molecule has 0 saturated heterocycles. The lowest BCUT2D eigenvalue weighted by Crippen LogP contribution is -2.44. The summed E-state index contributed by atoms with van der Waals surface area (Å²) < 4.78 is 37.0. The first kappa shape index (κ1) is 14.6. The van der Waals surface area contributed by atoms with Crippen LogP contribution in [0.5, 0.6) is 0 Å². The van der Waals surface area contributed by atoms with Crippen molar-refractivity contribution in [3.05, 3.63) is 41.5 Å². The Morgan fingerprint density at radius 3 is 2.55 bits per heavy atom. The summed E-state index contributed by atoms with van der Waals surface area (Å²) in [5.74, 6) is -1.86. The van der Waals surface area contributed by atoms with Gasteiger partial charge in [-0.25, -0.2) is 0 Å². The smallest absolute Gasteiger partial charge is 0.342 e. The number of amides is 1. The summed E-state index contributed by atoms with van der Waals surface area (Å²) in [5.41, 5.74) is 1.80. The molecule has 1 aliphatic rings. The molecule has 1 aromatic rings. The molecule has 108 valence electrons. The number of carbonyl (C=O) groups is 1. The highest BCUT2D eigenvalue weighted by Crippen LogP contribution is 2.27. The van der Waals surface area contributed by atoms with Gasteiger partial charge >= 0.3 is 12.1 Å². The summed E-state index contributed by atoms with van der Waals surface area (Å²) >= 11 is 0. The van der Waals surface area contributed by atoms with Crippen molar-refractivity contribution in [1.82, 2.24) is 5.32 Å². The first-order valence-corrected chi connectivity index (χ1v) is 6.60. The summed E-state index contributed by atoms with van der Waals surface area (Å²) in [5, 5.41) is 2.10. The maximum atomic E-state index is 12.3. The van der Waals surface area contributed by atoms with Crippen LogP contribution >= 0.6 is 0 Å². The molecule has 1 atom stereocenters. The van der Waals surface area contributed by atoms with Gasteiger partial charge in [0.25, 0.3) is 0 Å². The van der Waals surface area contributed by atoms with Gasteiger partial charge in [-0.2, -0.15) is 13.2 Å². The fraction of sp³-hybridized carbons (Fsp3) is 0.400. The quantitative estimate of drug-likeness (QED) is 0.881. The maximum Gasteiger partial charge on any atom is 0.471 e. The minimum Gasteiger partial charge on any atom is -0.342 e. The number of benzene rings is 1. The second-order valence-corrected chi connectivity index (χ2v) is 4.90. The predicted octanol–water partition coefficient (Wildman–Crippen LogP) is 3.69. The number of rotatable bonds is 2. The minimum atomic E-state index is -4.82. The van der Waals surface area contributed by atoms with E-state index in [1.54, 1.807) is 0 Å². The van der Waals surface area contributed by atoms with Crippen molar-refractivity contribution in [2.75, 3.05) is 0 Å². The van der Waals surface area contributed by atoms with E-state index in [0.717, 1.165) is 30.4 Å². The molecule has 2 nitrogen and oxygen atoms in total. The molecule has 2 rings (SSSR count). The molecular weight excluding hydrogens is 267 g/mol. The van der Waals surface area contributed by atoms with Gasteiger partial charge < -0.3 is 5.32 Å². The Labute approximate surface area is 115 Å². The first-order chi connectivity index (χ1) is 9.47. The molecule has 20 heavy (non-hydrogen) atoms. The normalized spacial score (nSPS) is 21.8. The summed E-state index contributed by atoms with van der Waals surface area (Å²) in [6.45, 7) is 0. The van der Waals surface area contributed by atoms with Gasteiger partial charge in [-0.3, -0.25) is 4.79 Å². The van der Waals surface area contributed by atoms with E-state index < -0.39 is 18.1 Å². The van der Waals surface area contributed by atoms with Crippen molar-refractivity contribution in [1.29, 1.82) is 0 Å². The molecule has 1 amide bonds.